The van der Waals surface area contributed by atoms with Crippen LogP contribution in [0.25, 0.3) is 0 Å². The SMILES string of the molecule is O=C(NC1CCC(Oc2ccc(Cl)cn2)CC1)C1CC=CCC1. The predicted molar refractivity (Wildman–Crippen MR) is 90.5 cm³/mol. The van der Waals surface area contributed by atoms with Crippen LogP contribution in [0.4, 0.5) is 0 Å². The van der Waals surface area contributed by atoms with Crippen molar-refractivity contribution in [1.82, 2.24) is 10.3 Å². The number of halogens is 1. The van der Waals surface area contributed by atoms with Crippen molar-refractivity contribution in [3.8, 4) is 5.88 Å². The van der Waals surface area contributed by atoms with Gasteiger partial charge in [-0.1, -0.05) is 23.8 Å². The Balaban J connectivity index is 1.42. The highest BCUT2D eigenvalue weighted by Crippen LogP contribution is 2.25. The standard InChI is InChI=1S/C18H23ClN2O2/c19-14-6-11-17(20-12-14)23-16-9-7-15(8-10-16)21-18(22)13-4-2-1-3-5-13/h1-2,6,11-13,15-16H,3-5,7-10H2,(H,21,22). The van der Waals surface area contributed by atoms with Crippen molar-refractivity contribution in [2.75, 3.05) is 0 Å². The molecule has 4 nitrogen and oxygen atoms in total. The van der Waals surface area contributed by atoms with Gasteiger partial charge in [0.1, 0.15) is 6.10 Å². The third kappa shape index (κ3) is 4.71. The molecule has 0 aliphatic heterocycles. The largest absolute Gasteiger partial charge is 0.474 e. The Morgan fingerprint density at radius 2 is 2.00 bits per heavy atom. The van der Waals surface area contributed by atoms with Crippen molar-refractivity contribution >= 4 is 17.5 Å². The van der Waals surface area contributed by atoms with Gasteiger partial charge in [0.15, 0.2) is 0 Å². The van der Waals surface area contributed by atoms with E-state index in [0.29, 0.717) is 10.9 Å². The van der Waals surface area contributed by atoms with E-state index in [1.165, 1.54) is 0 Å². The molecule has 1 aromatic heterocycles. The zero-order chi connectivity index (χ0) is 16.1. The maximum absolute atomic E-state index is 12.3. The van der Waals surface area contributed by atoms with Crippen molar-refractivity contribution < 1.29 is 9.53 Å². The fraction of sp³-hybridized carbons (Fsp3) is 0.556. The first-order valence-electron chi connectivity index (χ1n) is 8.44. The fourth-order valence-corrected chi connectivity index (χ4v) is 3.39. The highest BCUT2D eigenvalue weighted by molar-refractivity contribution is 6.30. The molecule has 5 heteroatoms. The first-order valence-corrected chi connectivity index (χ1v) is 8.82. The summed E-state index contributed by atoms with van der Waals surface area (Å²) in [6, 6.07) is 3.87. The lowest BCUT2D eigenvalue weighted by molar-refractivity contribution is -0.126. The van der Waals surface area contributed by atoms with E-state index in [-0.39, 0.29) is 24.0 Å². The molecule has 124 valence electrons. The summed E-state index contributed by atoms with van der Waals surface area (Å²) in [5, 5.41) is 3.83. The molecule has 1 aromatic rings. The molecule has 2 aliphatic carbocycles. The van der Waals surface area contributed by atoms with Crippen LogP contribution in [0.3, 0.4) is 0 Å². The number of amides is 1. The molecular formula is C18H23ClN2O2. The summed E-state index contributed by atoms with van der Waals surface area (Å²) in [4.78, 5) is 16.4. The van der Waals surface area contributed by atoms with E-state index in [1.54, 1.807) is 18.3 Å². The van der Waals surface area contributed by atoms with Crippen LogP contribution in [0.2, 0.25) is 5.02 Å². The van der Waals surface area contributed by atoms with E-state index >= 15 is 0 Å². The minimum atomic E-state index is 0.159. The molecule has 0 saturated heterocycles. The number of hydrogen-bond acceptors (Lipinski definition) is 3. The summed E-state index contributed by atoms with van der Waals surface area (Å²) < 4.78 is 5.89. The number of aromatic nitrogens is 1. The Kier molecular flexibility index (Phi) is 5.55. The van der Waals surface area contributed by atoms with Gasteiger partial charge in [-0.3, -0.25) is 4.79 Å². The van der Waals surface area contributed by atoms with Crippen LogP contribution < -0.4 is 10.1 Å². The van der Waals surface area contributed by atoms with Gasteiger partial charge in [0.2, 0.25) is 11.8 Å². The molecule has 1 atom stereocenters. The number of allylic oxidation sites excluding steroid dienone is 2. The summed E-state index contributed by atoms with van der Waals surface area (Å²) in [6.07, 6.45) is 12.8. The molecule has 23 heavy (non-hydrogen) atoms. The monoisotopic (exact) mass is 334 g/mol. The summed E-state index contributed by atoms with van der Waals surface area (Å²) in [6.45, 7) is 0. The second kappa shape index (κ2) is 7.82. The Labute approximate surface area is 142 Å². The van der Waals surface area contributed by atoms with Crippen LogP contribution in [0.15, 0.2) is 30.5 Å². The molecule has 1 heterocycles. The van der Waals surface area contributed by atoms with Gasteiger partial charge in [-0.25, -0.2) is 4.98 Å². The van der Waals surface area contributed by atoms with Gasteiger partial charge in [0.05, 0.1) is 5.02 Å². The molecule has 0 aromatic carbocycles. The summed E-state index contributed by atoms with van der Waals surface area (Å²) >= 11 is 5.82. The van der Waals surface area contributed by atoms with E-state index < -0.39 is 0 Å². The van der Waals surface area contributed by atoms with Crippen LogP contribution >= 0.6 is 11.6 Å². The van der Waals surface area contributed by atoms with Crippen LogP contribution in [0.5, 0.6) is 5.88 Å². The Hall–Kier alpha value is -1.55. The summed E-state index contributed by atoms with van der Waals surface area (Å²) in [7, 11) is 0. The fourth-order valence-electron chi connectivity index (χ4n) is 3.28. The number of ether oxygens (including phenoxy) is 1. The summed E-state index contributed by atoms with van der Waals surface area (Å²) in [5.41, 5.74) is 0. The molecule has 1 N–H and O–H groups in total. The van der Waals surface area contributed by atoms with Crippen molar-refractivity contribution in [3.05, 3.63) is 35.5 Å². The first kappa shape index (κ1) is 16.3. The van der Waals surface area contributed by atoms with Gasteiger partial charge < -0.3 is 10.1 Å². The number of rotatable bonds is 4. The van der Waals surface area contributed by atoms with Crippen molar-refractivity contribution in [3.63, 3.8) is 0 Å². The molecule has 1 unspecified atom stereocenters. The molecule has 1 amide bonds. The Morgan fingerprint density at radius 3 is 2.65 bits per heavy atom. The predicted octanol–water partition coefficient (Wildman–Crippen LogP) is 3.90. The molecule has 2 aliphatic rings. The number of pyridine rings is 1. The van der Waals surface area contributed by atoms with Gasteiger partial charge in [-0.15, -0.1) is 0 Å². The molecule has 3 rings (SSSR count). The smallest absolute Gasteiger partial charge is 0.223 e. The highest BCUT2D eigenvalue weighted by atomic mass is 35.5. The first-order chi connectivity index (χ1) is 11.2. The lowest BCUT2D eigenvalue weighted by atomic mass is 9.90. The minimum absolute atomic E-state index is 0.159. The van der Waals surface area contributed by atoms with E-state index in [0.717, 1.165) is 44.9 Å². The number of carbonyl (C=O) groups excluding carboxylic acids is 1. The molecule has 1 saturated carbocycles. The third-order valence-electron chi connectivity index (χ3n) is 4.65. The lowest BCUT2D eigenvalue weighted by Gasteiger charge is -2.30. The molecule has 0 radical (unpaired) electrons. The van der Waals surface area contributed by atoms with E-state index in [9.17, 15) is 4.79 Å². The molecule has 1 fully saturated rings. The van der Waals surface area contributed by atoms with E-state index in [1.807, 2.05) is 0 Å². The highest BCUT2D eigenvalue weighted by Gasteiger charge is 2.26. The van der Waals surface area contributed by atoms with Crippen LogP contribution in [0.1, 0.15) is 44.9 Å². The van der Waals surface area contributed by atoms with Gasteiger partial charge in [0, 0.05) is 24.2 Å². The average molecular weight is 335 g/mol. The maximum Gasteiger partial charge on any atom is 0.223 e. The average Bonchev–Trinajstić information content (AvgIpc) is 2.59. The van der Waals surface area contributed by atoms with Crippen LogP contribution in [-0.4, -0.2) is 23.0 Å². The second-order valence-electron chi connectivity index (χ2n) is 6.40. The lowest BCUT2D eigenvalue weighted by Crippen LogP contribution is -2.42. The number of carbonyl (C=O) groups is 1. The van der Waals surface area contributed by atoms with Crippen molar-refractivity contribution in [1.29, 1.82) is 0 Å². The topological polar surface area (TPSA) is 51.2 Å². The van der Waals surface area contributed by atoms with E-state index in [2.05, 4.69) is 22.5 Å². The van der Waals surface area contributed by atoms with Crippen LogP contribution in [0, 0.1) is 5.92 Å². The van der Waals surface area contributed by atoms with Gasteiger partial charge >= 0.3 is 0 Å². The number of nitrogens with zero attached hydrogens (tertiary/aromatic N) is 1. The van der Waals surface area contributed by atoms with Crippen molar-refractivity contribution in [2.45, 2.75) is 57.1 Å². The molecule has 0 bridgehead atoms. The molecular weight excluding hydrogens is 312 g/mol. The quantitative estimate of drug-likeness (QED) is 0.850. The Morgan fingerprint density at radius 1 is 1.17 bits per heavy atom. The normalized spacial score (nSPS) is 27.4. The Bertz CT molecular complexity index is 551. The van der Waals surface area contributed by atoms with Gasteiger partial charge in [0.25, 0.3) is 0 Å². The molecule has 0 spiro atoms. The van der Waals surface area contributed by atoms with Gasteiger partial charge in [-0.2, -0.15) is 0 Å². The number of nitrogens with one attached hydrogen (secondary N) is 1. The van der Waals surface area contributed by atoms with Crippen LogP contribution in [-0.2, 0) is 4.79 Å². The van der Waals surface area contributed by atoms with Gasteiger partial charge in [-0.05, 0) is 51.0 Å². The number of hydrogen-bond donors (Lipinski definition) is 1. The van der Waals surface area contributed by atoms with E-state index in [4.69, 9.17) is 16.3 Å². The third-order valence-corrected chi connectivity index (χ3v) is 4.87. The zero-order valence-electron chi connectivity index (χ0n) is 13.2. The maximum atomic E-state index is 12.3. The minimum Gasteiger partial charge on any atom is -0.474 e. The van der Waals surface area contributed by atoms with Crippen molar-refractivity contribution in [2.24, 2.45) is 5.92 Å². The second-order valence-corrected chi connectivity index (χ2v) is 6.83. The summed E-state index contributed by atoms with van der Waals surface area (Å²) in [5.74, 6) is 1.00. The zero-order valence-corrected chi connectivity index (χ0v) is 14.0.